The van der Waals surface area contributed by atoms with Crippen molar-refractivity contribution in [3.63, 3.8) is 0 Å². The van der Waals surface area contributed by atoms with Crippen LogP contribution in [0.3, 0.4) is 0 Å². The van der Waals surface area contributed by atoms with Crippen LogP contribution in [0.4, 0.5) is 11.8 Å². The van der Waals surface area contributed by atoms with Crippen molar-refractivity contribution in [3.05, 3.63) is 91.0 Å². The first-order chi connectivity index (χ1) is 15.8. The summed E-state index contributed by atoms with van der Waals surface area (Å²) >= 11 is 0. The van der Waals surface area contributed by atoms with E-state index in [9.17, 15) is 0 Å². The monoisotopic (exact) mass is 419 g/mol. The van der Waals surface area contributed by atoms with Gasteiger partial charge in [-0.25, -0.2) is 19.9 Å². The summed E-state index contributed by atoms with van der Waals surface area (Å²) in [5, 5.41) is 4.24. The van der Waals surface area contributed by atoms with Crippen molar-refractivity contribution in [1.29, 1.82) is 0 Å². The lowest BCUT2D eigenvalue weighted by atomic mass is 10.0. The average molecular weight is 419 g/mol. The Morgan fingerprint density at radius 2 is 1.50 bits per heavy atom. The zero-order valence-corrected chi connectivity index (χ0v) is 17.3. The fraction of sp³-hybridized carbons (Fsp3) is 0.0800. The molecule has 3 N–H and O–H groups in total. The minimum Gasteiger partial charge on any atom is -0.382 e. The lowest BCUT2D eigenvalue weighted by Crippen LogP contribution is -2.12. The number of pyridine rings is 1. The van der Waals surface area contributed by atoms with E-state index in [-0.39, 0.29) is 0 Å². The minimum atomic E-state index is 0.422. The number of nitrogens with two attached hydrogens (primary N) is 1. The second-order valence-corrected chi connectivity index (χ2v) is 7.28. The van der Waals surface area contributed by atoms with E-state index >= 15 is 0 Å². The van der Waals surface area contributed by atoms with E-state index in [1.807, 2.05) is 54.6 Å². The molecule has 3 heterocycles. The van der Waals surface area contributed by atoms with Crippen molar-refractivity contribution >= 4 is 22.7 Å². The number of anilines is 2. The second kappa shape index (κ2) is 8.77. The number of benzene rings is 2. The quantitative estimate of drug-likeness (QED) is 0.421. The van der Waals surface area contributed by atoms with E-state index in [0.29, 0.717) is 24.7 Å². The van der Waals surface area contributed by atoms with Crippen molar-refractivity contribution in [1.82, 2.24) is 24.9 Å². The van der Waals surface area contributed by atoms with Gasteiger partial charge in [0.15, 0.2) is 0 Å². The fourth-order valence-corrected chi connectivity index (χ4v) is 3.57. The molecule has 0 atom stereocenters. The maximum atomic E-state index is 6.33. The highest BCUT2D eigenvalue weighted by Gasteiger charge is 2.16. The van der Waals surface area contributed by atoms with Gasteiger partial charge in [-0.1, -0.05) is 42.5 Å². The molecule has 2 aromatic carbocycles. The molecule has 0 amide bonds. The van der Waals surface area contributed by atoms with E-state index in [2.05, 4.69) is 26.3 Å². The van der Waals surface area contributed by atoms with E-state index in [1.165, 1.54) is 0 Å². The Kier molecular flexibility index (Phi) is 5.36. The number of nitrogens with one attached hydrogen (secondary N) is 1. The van der Waals surface area contributed by atoms with Crippen LogP contribution in [-0.2, 0) is 6.42 Å². The predicted octanol–water partition coefficient (Wildman–Crippen LogP) is 4.39. The molecule has 3 aromatic heterocycles. The standard InChI is InChI=1S/C25H21N7/c26-24-21(11-15-30-25-28-13-5-14-29-25)31-23(22(32-24)17-6-2-1-3-7-17)19-9-10-20-18(16-19)8-4-12-27-20/h1-10,12-14,16H,11,15H2,(H2,26,32)(H,28,29,30). The molecule has 0 fully saturated rings. The lowest BCUT2D eigenvalue weighted by molar-refractivity contribution is 0.935. The number of aromatic nitrogens is 5. The van der Waals surface area contributed by atoms with Gasteiger partial charge in [0.2, 0.25) is 5.95 Å². The predicted molar refractivity (Wildman–Crippen MR) is 127 cm³/mol. The highest BCUT2D eigenvalue weighted by Crippen LogP contribution is 2.32. The third-order valence-corrected chi connectivity index (χ3v) is 5.13. The van der Waals surface area contributed by atoms with Crippen LogP contribution >= 0.6 is 0 Å². The maximum Gasteiger partial charge on any atom is 0.222 e. The molecular formula is C25H21N7. The van der Waals surface area contributed by atoms with E-state index in [0.717, 1.165) is 39.1 Å². The van der Waals surface area contributed by atoms with Gasteiger partial charge < -0.3 is 11.1 Å². The summed E-state index contributed by atoms with van der Waals surface area (Å²) < 4.78 is 0. The van der Waals surface area contributed by atoms with Gasteiger partial charge in [-0.2, -0.15) is 0 Å². The SMILES string of the molecule is Nc1nc(-c2ccccc2)c(-c2ccc3ncccc3c2)nc1CCNc1ncccn1. The molecule has 0 bridgehead atoms. The van der Waals surface area contributed by atoms with Gasteiger partial charge in [0.25, 0.3) is 0 Å². The molecule has 7 nitrogen and oxygen atoms in total. The smallest absolute Gasteiger partial charge is 0.222 e. The van der Waals surface area contributed by atoms with Crippen LogP contribution in [0.2, 0.25) is 0 Å². The number of rotatable bonds is 6. The Morgan fingerprint density at radius 1 is 0.719 bits per heavy atom. The summed E-state index contributed by atoms with van der Waals surface area (Å²) in [6.07, 6.45) is 5.78. The number of hydrogen-bond acceptors (Lipinski definition) is 7. The third-order valence-electron chi connectivity index (χ3n) is 5.13. The lowest BCUT2D eigenvalue weighted by Gasteiger charge is -2.14. The Balaban J connectivity index is 1.54. The van der Waals surface area contributed by atoms with E-state index in [1.54, 1.807) is 24.7 Å². The molecule has 0 saturated carbocycles. The largest absolute Gasteiger partial charge is 0.382 e. The normalized spacial score (nSPS) is 10.9. The van der Waals surface area contributed by atoms with Gasteiger partial charge in [0.1, 0.15) is 5.82 Å². The zero-order valence-electron chi connectivity index (χ0n) is 17.3. The molecule has 0 unspecified atom stereocenters. The Morgan fingerprint density at radius 3 is 2.34 bits per heavy atom. The Hall–Kier alpha value is -4.39. The van der Waals surface area contributed by atoms with Crippen LogP contribution in [0.15, 0.2) is 85.3 Å². The summed E-state index contributed by atoms with van der Waals surface area (Å²) in [7, 11) is 0. The third kappa shape index (κ3) is 4.09. The molecule has 7 heteroatoms. The molecule has 156 valence electrons. The summed E-state index contributed by atoms with van der Waals surface area (Å²) in [5.74, 6) is 0.994. The van der Waals surface area contributed by atoms with Gasteiger partial charge in [-0.05, 0) is 24.3 Å². The molecule has 0 aliphatic carbocycles. The van der Waals surface area contributed by atoms with Crippen molar-refractivity contribution in [3.8, 4) is 22.5 Å². The molecular weight excluding hydrogens is 398 g/mol. The first-order valence-corrected chi connectivity index (χ1v) is 10.4. The van der Waals surface area contributed by atoms with Crippen LogP contribution in [0.5, 0.6) is 0 Å². The molecule has 0 saturated heterocycles. The van der Waals surface area contributed by atoms with Crippen molar-refractivity contribution in [2.75, 3.05) is 17.6 Å². The van der Waals surface area contributed by atoms with Crippen molar-refractivity contribution in [2.24, 2.45) is 0 Å². The molecule has 0 aliphatic rings. The van der Waals surface area contributed by atoms with E-state index < -0.39 is 0 Å². The Bertz CT molecular complexity index is 1360. The van der Waals surface area contributed by atoms with Crippen LogP contribution in [0.1, 0.15) is 5.69 Å². The molecule has 0 spiro atoms. The second-order valence-electron chi connectivity index (χ2n) is 7.28. The molecule has 5 aromatic rings. The number of hydrogen-bond donors (Lipinski definition) is 2. The maximum absolute atomic E-state index is 6.33. The van der Waals surface area contributed by atoms with Gasteiger partial charge in [-0.15, -0.1) is 0 Å². The molecule has 0 aliphatic heterocycles. The van der Waals surface area contributed by atoms with Crippen molar-refractivity contribution < 1.29 is 0 Å². The van der Waals surface area contributed by atoms with Gasteiger partial charge in [0.05, 0.1) is 22.6 Å². The number of nitrogens with zero attached hydrogens (tertiary/aromatic N) is 5. The summed E-state index contributed by atoms with van der Waals surface area (Å²) in [6.45, 7) is 0.592. The van der Waals surface area contributed by atoms with Gasteiger partial charge in [-0.3, -0.25) is 4.98 Å². The first-order valence-electron chi connectivity index (χ1n) is 10.4. The average Bonchev–Trinajstić information content (AvgIpc) is 2.86. The molecule has 32 heavy (non-hydrogen) atoms. The zero-order chi connectivity index (χ0) is 21.8. The fourth-order valence-electron chi connectivity index (χ4n) is 3.57. The first kappa shape index (κ1) is 19.6. The molecule has 0 radical (unpaired) electrons. The highest BCUT2D eigenvalue weighted by atomic mass is 15.1. The molecule has 5 rings (SSSR count). The summed E-state index contributed by atoms with van der Waals surface area (Å²) in [4.78, 5) is 22.5. The number of nitrogen functional groups attached to an aromatic ring is 1. The number of fused-ring (bicyclic) bond motifs is 1. The summed E-state index contributed by atoms with van der Waals surface area (Å²) in [5.41, 5.74) is 11.5. The topological polar surface area (TPSA) is 102 Å². The van der Waals surface area contributed by atoms with Crippen LogP contribution in [0.25, 0.3) is 33.4 Å². The van der Waals surface area contributed by atoms with Crippen LogP contribution in [-0.4, -0.2) is 31.5 Å². The summed E-state index contributed by atoms with van der Waals surface area (Å²) in [6, 6.07) is 21.9. The van der Waals surface area contributed by atoms with Gasteiger partial charge in [0, 0.05) is 48.1 Å². The Labute approximate surface area is 185 Å². The van der Waals surface area contributed by atoms with Crippen LogP contribution < -0.4 is 11.1 Å². The van der Waals surface area contributed by atoms with Crippen molar-refractivity contribution in [2.45, 2.75) is 6.42 Å². The minimum absolute atomic E-state index is 0.422. The van der Waals surface area contributed by atoms with Crippen LogP contribution in [0, 0.1) is 0 Å². The highest BCUT2D eigenvalue weighted by molar-refractivity contribution is 5.87. The van der Waals surface area contributed by atoms with Gasteiger partial charge >= 0.3 is 0 Å². The van der Waals surface area contributed by atoms with E-state index in [4.69, 9.17) is 15.7 Å².